The molecule has 0 atom stereocenters. The molecule has 80 valence electrons. The van der Waals surface area contributed by atoms with Gasteiger partial charge in [0.2, 0.25) is 5.82 Å². The zero-order valence-corrected chi connectivity index (χ0v) is 7.77. The molecule has 0 aromatic heterocycles. The molecule has 0 unspecified atom stereocenters. The molecule has 1 N–H and O–H groups in total. The number of rotatable bonds is 3. The Morgan fingerprint density at radius 3 is 2.80 bits per heavy atom. The fourth-order valence-corrected chi connectivity index (χ4v) is 1.24. The summed E-state index contributed by atoms with van der Waals surface area (Å²) >= 11 is 0. The van der Waals surface area contributed by atoms with Gasteiger partial charge in [-0.25, -0.2) is 0 Å². The van der Waals surface area contributed by atoms with E-state index in [9.17, 15) is 14.5 Å². The second-order valence-corrected chi connectivity index (χ2v) is 3.27. The maximum absolute atomic E-state index is 12.9. The number of nitrogens with zero attached hydrogens (tertiary/aromatic N) is 1. The monoisotopic (exact) mass is 212 g/mol. The van der Waals surface area contributed by atoms with E-state index in [1.54, 1.807) is 0 Å². The van der Waals surface area contributed by atoms with Crippen LogP contribution < -0.4 is 10.1 Å². The van der Waals surface area contributed by atoms with Crippen LogP contribution in [0.5, 0.6) is 5.75 Å². The zero-order valence-electron chi connectivity index (χ0n) is 7.77. The normalized spacial score (nSPS) is 15.8. The van der Waals surface area contributed by atoms with Crippen molar-refractivity contribution in [1.29, 1.82) is 0 Å². The largest absolute Gasteiger partial charge is 0.488 e. The smallest absolute Gasteiger partial charge is 0.308 e. The predicted octanol–water partition coefficient (Wildman–Crippen LogP) is 1.08. The molecule has 1 aliphatic heterocycles. The summed E-state index contributed by atoms with van der Waals surface area (Å²) in [5, 5.41) is 13.4. The molecule has 2 rings (SSSR count). The Balaban J connectivity index is 2.17. The summed E-state index contributed by atoms with van der Waals surface area (Å²) in [6.07, 6.45) is 0.0232. The first-order valence-electron chi connectivity index (χ1n) is 4.48. The van der Waals surface area contributed by atoms with Crippen LogP contribution in [-0.4, -0.2) is 24.1 Å². The SMILES string of the molecule is O=[N+]([O-])c1cc(OC2CNC2)ccc1F. The molecule has 1 fully saturated rings. The molecule has 0 spiro atoms. The second-order valence-electron chi connectivity index (χ2n) is 3.27. The van der Waals surface area contributed by atoms with E-state index in [0.29, 0.717) is 18.8 Å². The van der Waals surface area contributed by atoms with Crippen LogP contribution >= 0.6 is 0 Å². The lowest BCUT2D eigenvalue weighted by atomic mass is 10.2. The van der Waals surface area contributed by atoms with Gasteiger partial charge in [0, 0.05) is 13.1 Å². The van der Waals surface area contributed by atoms with Crippen molar-refractivity contribution in [3.8, 4) is 5.75 Å². The van der Waals surface area contributed by atoms with Gasteiger partial charge in [0.1, 0.15) is 11.9 Å². The van der Waals surface area contributed by atoms with Gasteiger partial charge in [-0.15, -0.1) is 0 Å². The number of nitro benzene ring substituents is 1. The Morgan fingerprint density at radius 1 is 1.53 bits per heavy atom. The predicted molar refractivity (Wildman–Crippen MR) is 50.3 cm³/mol. The molecule has 1 aromatic carbocycles. The summed E-state index contributed by atoms with van der Waals surface area (Å²) in [6, 6.07) is 3.54. The molecular formula is C9H9FN2O3. The van der Waals surface area contributed by atoms with Crippen LogP contribution in [0.4, 0.5) is 10.1 Å². The van der Waals surface area contributed by atoms with Gasteiger partial charge in [-0.3, -0.25) is 10.1 Å². The molecule has 1 saturated heterocycles. The fraction of sp³-hybridized carbons (Fsp3) is 0.333. The number of nitrogens with one attached hydrogen (secondary N) is 1. The third-order valence-corrected chi connectivity index (χ3v) is 2.16. The maximum Gasteiger partial charge on any atom is 0.308 e. The van der Waals surface area contributed by atoms with Crippen LogP contribution in [0.25, 0.3) is 0 Å². The summed E-state index contributed by atoms with van der Waals surface area (Å²) in [7, 11) is 0. The van der Waals surface area contributed by atoms with Crippen LogP contribution in [0.2, 0.25) is 0 Å². The summed E-state index contributed by atoms with van der Waals surface area (Å²) in [5.74, 6) is -0.520. The maximum atomic E-state index is 12.9. The first-order valence-corrected chi connectivity index (χ1v) is 4.48. The lowest BCUT2D eigenvalue weighted by molar-refractivity contribution is -0.387. The highest BCUT2D eigenvalue weighted by molar-refractivity contribution is 5.39. The lowest BCUT2D eigenvalue weighted by Gasteiger charge is -2.27. The van der Waals surface area contributed by atoms with Crippen molar-refractivity contribution in [2.24, 2.45) is 0 Å². The van der Waals surface area contributed by atoms with Gasteiger partial charge < -0.3 is 10.1 Å². The summed E-state index contributed by atoms with van der Waals surface area (Å²) in [4.78, 5) is 9.68. The molecule has 0 amide bonds. The minimum atomic E-state index is -0.848. The van der Waals surface area contributed by atoms with Gasteiger partial charge in [-0.05, 0) is 12.1 Å². The van der Waals surface area contributed by atoms with Crippen molar-refractivity contribution in [2.75, 3.05) is 13.1 Å². The standard InChI is InChI=1S/C9H9FN2O3/c10-8-2-1-6(3-9(8)12(13)14)15-7-4-11-5-7/h1-3,7,11H,4-5H2. The quantitative estimate of drug-likeness (QED) is 0.601. The van der Waals surface area contributed by atoms with Crippen molar-refractivity contribution in [3.63, 3.8) is 0 Å². The highest BCUT2D eigenvalue weighted by Gasteiger charge is 2.20. The van der Waals surface area contributed by atoms with Gasteiger partial charge in [0.25, 0.3) is 0 Å². The minimum absolute atomic E-state index is 0.0232. The van der Waals surface area contributed by atoms with Crippen molar-refractivity contribution in [2.45, 2.75) is 6.10 Å². The van der Waals surface area contributed by atoms with Gasteiger partial charge in [-0.2, -0.15) is 4.39 Å². The summed E-state index contributed by atoms with van der Waals surface area (Å²) in [5.41, 5.74) is -0.556. The molecular weight excluding hydrogens is 203 g/mol. The van der Waals surface area contributed by atoms with Crippen LogP contribution in [-0.2, 0) is 0 Å². The average Bonchev–Trinajstić information content (AvgIpc) is 2.13. The Morgan fingerprint density at radius 2 is 2.27 bits per heavy atom. The Kier molecular flexibility index (Phi) is 2.51. The van der Waals surface area contributed by atoms with E-state index in [1.807, 2.05) is 0 Å². The van der Waals surface area contributed by atoms with Crippen molar-refractivity contribution in [3.05, 3.63) is 34.1 Å². The lowest BCUT2D eigenvalue weighted by Crippen LogP contribution is -2.50. The first kappa shape index (κ1) is 9.85. The van der Waals surface area contributed by atoms with Crippen molar-refractivity contribution in [1.82, 2.24) is 5.32 Å². The molecule has 0 aliphatic carbocycles. The molecule has 1 aromatic rings. The number of hydrogen-bond acceptors (Lipinski definition) is 4. The molecule has 0 saturated carbocycles. The van der Waals surface area contributed by atoms with E-state index in [2.05, 4.69) is 5.32 Å². The number of ether oxygens (including phenoxy) is 1. The van der Waals surface area contributed by atoms with E-state index in [0.717, 1.165) is 12.1 Å². The molecule has 1 aliphatic rings. The number of hydrogen-bond donors (Lipinski definition) is 1. The second kappa shape index (κ2) is 3.82. The van der Waals surface area contributed by atoms with E-state index in [4.69, 9.17) is 4.74 Å². The topological polar surface area (TPSA) is 64.4 Å². The molecule has 5 nitrogen and oxygen atoms in total. The zero-order chi connectivity index (χ0) is 10.8. The van der Waals surface area contributed by atoms with Gasteiger partial charge in [-0.1, -0.05) is 0 Å². The number of halogens is 1. The molecule has 0 bridgehead atoms. The van der Waals surface area contributed by atoms with E-state index in [1.165, 1.54) is 6.07 Å². The summed E-state index contributed by atoms with van der Waals surface area (Å²) < 4.78 is 18.3. The van der Waals surface area contributed by atoms with E-state index >= 15 is 0 Å². The third-order valence-electron chi connectivity index (χ3n) is 2.16. The average molecular weight is 212 g/mol. The number of nitro groups is 1. The molecule has 0 radical (unpaired) electrons. The van der Waals surface area contributed by atoms with Crippen LogP contribution in [0, 0.1) is 15.9 Å². The first-order chi connectivity index (χ1) is 7.16. The molecule has 15 heavy (non-hydrogen) atoms. The fourth-order valence-electron chi connectivity index (χ4n) is 1.24. The number of benzene rings is 1. The Labute approximate surface area is 85.0 Å². The van der Waals surface area contributed by atoms with Crippen LogP contribution in [0.3, 0.4) is 0 Å². The highest BCUT2D eigenvalue weighted by atomic mass is 19.1. The Hall–Kier alpha value is -1.69. The van der Waals surface area contributed by atoms with Crippen LogP contribution in [0.1, 0.15) is 0 Å². The third kappa shape index (κ3) is 2.04. The van der Waals surface area contributed by atoms with Gasteiger partial charge in [0.05, 0.1) is 11.0 Å². The van der Waals surface area contributed by atoms with E-state index in [-0.39, 0.29) is 6.10 Å². The van der Waals surface area contributed by atoms with Crippen molar-refractivity contribution >= 4 is 5.69 Å². The minimum Gasteiger partial charge on any atom is -0.488 e. The molecule has 1 heterocycles. The highest BCUT2D eigenvalue weighted by Crippen LogP contribution is 2.24. The Bertz CT molecular complexity index is 393. The van der Waals surface area contributed by atoms with Gasteiger partial charge in [0.15, 0.2) is 0 Å². The van der Waals surface area contributed by atoms with Crippen LogP contribution in [0.15, 0.2) is 18.2 Å². The molecule has 6 heteroatoms. The summed E-state index contributed by atoms with van der Waals surface area (Å²) in [6.45, 7) is 1.43. The van der Waals surface area contributed by atoms with E-state index < -0.39 is 16.4 Å². The van der Waals surface area contributed by atoms with Crippen molar-refractivity contribution < 1.29 is 14.1 Å². The van der Waals surface area contributed by atoms with Gasteiger partial charge >= 0.3 is 5.69 Å².